The molecule has 1 aromatic carbocycles. The fourth-order valence-electron chi connectivity index (χ4n) is 0.907. The van der Waals surface area contributed by atoms with Crippen molar-refractivity contribution in [1.82, 2.24) is 0 Å². The molecule has 0 amide bonds. The van der Waals surface area contributed by atoms with Crippen LogP contribution in [-0.4, -0.2) is 17.7 Å². The highest BCUT2D eigenvalue weighted by Gasteiger charge is 1.98. The fraction of sp³-hybridized carbons (Fsp3) is 0.182. The van der Waals surface area contributed by atoms with Crippen molar-refractivity contribution in [2.24, 2.45) is 0 Å². The lowest BCUT2D eigenvalue weighted by Gasteiger charge is -2.03. The highest BCUT2D eigenvalue weighted by Crippen LogP contribution is 2.17. The molecule has 0 fully saturated rings. The van der Waals surface area contributed by atoms with E-state index in [4.69, 9.17) is 9.84 Å². The third-order valence-electron chi connectivity index (χ3n) is 1.77. The van der Waals surface area contributed by atoms with Gasteiger partial charge in [0.15, 0.2) is 0 Å². The van der Waals surface area contributed by atoms with Crippen LogP contribution in [0, 0.1) is 0 Å². The number of hydrogen-bond donors (Lipinski definition) is 1. The molecule has 0 saturated carbocycles. The molecule has 0 atom stereocenters. The topological polar surface area (TPSA) is 46.5 Å². The average Bonchev–Trinajstić information content (AvgIpc) is 2.17. The zero-order chi connectivity index (χ0) is 11.3. The van der Waals surface area contributed by atoms with Crippen molar-refractivity contribution in [3.63, 3.8) is 0 Å². The number of carboxylic acids is 1. The van der Waals surface area contributed by atoms with E-state index in [0.717, 1.165) is 4.47 Å². The lowest BCUT2D eigenvalue weighted by molar-refractivity contribution is -0.132. The Morgan fingerprint density at radius 1 is 1.60 bits per heavy atom. The van der Waals surface area contributed by atoms with Gasteiger partial charge in [0.1, 0.15) is 12.4 Å². The zero-order valence-corrected chi connectivity index (χ0v) is 9.82. The van der Waals surface area contributed by atoms with Gasteiger partial charge < -0.3 is 9.84 Å². The molecule has 0 radical (unpaired) electrons. The molecule has 0 aromatic heterocycles. The first-order valence-electron chi connectivity index (χ1n) is 4.38. The van der Waals surface area contributed by atoms with Crippen molar-refractivity contribution < 1.29 is 14.6 Å². The summed E-state index contributed by atoms with van der Waals surface area (Å²) in [6.45, 7) is 1.79. The van der Waals surface area contributed by atoms with Gasteiger partial charge in [-0.3, -0.25) is 0 Å². The molecule has 4 heteroatoms. The van der Waals surface area contributed by atoms with Crippen molar-refractivity contribution in [1.29, 1.82) is 0 Å². The zero-order valence-electron chi connectivity index (χ0n) is 8.24. The van der Waals surface area contributed by atoms with Gasteiger partial charge in [-0.1, -0.05) is 22.0 Å². The number of rotatable bonds is 4. The predicted octanol–water partition coefficient (Wildman–Crippen LogP) is 2.86. The first kappa shape index (κ1) is 11.8. The van der Waals surface area contributed by atoms with E-state index in [-0.39, 0.29) is 12.2 Å². The summed E-state index contributed by atoms with van der Waals surface area (Å²) in [6, 6.07) is 7.39. The van der Waals surface area contributed by atoms with E-state index in [9.17, 15) is 4.79 Å². The Labute approximate surface area is 96.5 Å². The van der Waals surface area contributed by atoms with Crippen molar-refractivity contribution in [2.75, 3.05) is 6.61 Å². The summed E-state index contributed by atoms with van der Waals surface area (Å²) in [5.41, 5.74) is 0.282. The maximum Gasteiger partial charge on any atom is 0.331 e. The quantitative estimate of drug-likeness (QED) is 0.856. The lowest BCUT2D eigenvalue weighted by Crippen LogP contribution is -2.00. The summed E-state index contributed by atoms with van der Waals surface area (Å²) in [5.74, 6) is -0.216. The minimum atomic E-state index is -0.923. The van der Waals surface area contributed by atoms with E-state index in [1.807, 2.05) is 24.3 Å². The second-order valence-corrected chi connectivity index (χ2v) is 3.88. The minimum absolute atomic E-state index is 0.259. The molecule has 80 valence electrons. The number of hydrogen-bond acceptors (Lipinski definition) is 2. The normalized spacial score (nSPS) is 11.2. The summed E-state index contributed by atoms with van der Waals surface area (Å²) in [6.07, 6.45) is 1.53. The molecule has 0 saturated heterocycles. The van der Waals surface area contributed by atoms with Gasteiger partial charge in [-0.05, 0) is 31.2 Å². The number of carbonyl (C=O) groups is 1. The minimum Gasteiger partial charge on any atom is -0.489 e. The second-order valence-electron chi connectivity index (χ2n) is 2.96. The molecule has 0 aliphatic heterocycles. The van der Waals surface area contributed by atoms with Crippen LogP contribution in [0.4, 0.5) is 0 Å². The van der Waals surface area contributed by atoms with Gasteiger partial charge in [-0.15, -0.1) is 0 Å². The molecule has 0 spiro atoms. The summed E-state index contributed by atoms with van der Waals surface area (Å²) in [5, 5.41) is 8.59. The summed E-state index contributed by atoms with van der Waals surface area (Å²) in [7, 11) is 0. The number of ether oxygens (including phenoxy) is 1. The lowest BCUT2D eigenvalue weighted by atomic mass is 10.3. The Bertz CT molecular complexity index is 385. The Kier molecular flexibility index (Phi) is 4.37. The molecule has 0 aliphatic rings. The van der Waals surface area contributed by atoms with Gasteiger partial charge in [0.2, 0.25) is 0 Å². The molecule has 1 rings (SSSR count). The van der Waals surface area contributed by atoms with Crippen LogP contribution >= 0.6 is 15.9 Å². The smallest absolute Gasteiger partial charge is 0.331 e. The molecule has 0 unspecified atom stereocenters. The van der Waals surface area contributed by atoms with Crippen LogP contribution in [0.15, 0.2) is 40.4 Å². The van der Waals surface area contributed by atoms with Crippen LogP contribution in [0.2, 0.25) is 0 Å². The Morgan fingerprint density at radius 3 is 2.93 bits per heavy atom. The van der Waals surface area contributed by atoms with E-state index < -0.39 is 5.97 Å². The highest BCUT2D eigenvalue weighted by atomic mass is 79.9. The van der Waals surface area contributed by atoms with Crippen LogP contribution in [0.5, 0.6) is 5.75 Å². The third kappa shape index (κ3) is 4.16. The van der Waals surface area contributed by atoms with Crippen molar-refractivity contribution >= 4 is 21.9 Å². The Hall–Kier alpha value is -1.29. The molecule has 3 nitrogen and oxygen atoms in total. The average molecular weight is 271 g/mol. The molecule has 1 aromatic rings. The first-order valence-corrected chi connectivity index (χ1v) is 5.17. The van der Waals surface area contributed by atoms with Crippen LogP contribution in [-0.2, 0) is 4.79 Å². The maximum atomic E-state index is 10.5. The van der Waals surface area contributed by atoms with Crippen LogP contribution < -0.4 is 4.74 Å². The van der Waals surface area contributed by atoms with Gasteiger partial charge in [-0.2, -0.15) is 0 Å². The molecular weight excluding hydrogens is 260 g/mol. The number of benzene rings is 1. The van der Waals surface area contributed by atoms with Gasteiger partial charge in [0.25, 0.3) is 0 Å². The summed E-state index contributed by atoms with van der Waals surface area (Å²) in [4.78, 5) is 10.5. The van der Waals surface area contributed by atoms with Crippen molar-refractivity contribution in [3.05, 3.63) is 40.4 Å². The van der Waals surface area contributed by atoms with Crippen LogP contribution in [0.25, 0.3) is 0 Å². The monoisotopic (exact) mass is 270 g/mol. The van der Waals surface area contributed by atoms with E-state index >= 15 is 0 Å². The highest BCUT2D eigenvalue weighted by molar-refractivity contribution is 9.10. The van der Waals surface area contributed by atoms with Crippen molar-refractivity contribution in [3.8, 4) is 5.75 Å². The SMILES string of the molecule is CC(=CCOc1cccc(Br)c1)C(=O)O. The number of carboxylic acid groups (broad SMARTS) is 1. The molecule has 15 heavy (non-hydrogen) atoms. The maximum absolute atomic E-state index is 10.5. The Morgan fingerprint density at radius 2 is 2.33 bits per heavy atom. The van der Waals surface area contributed by atoms with E-state index in [2.05, 4.69) is 15.9 Å². The molecule has 0 heterocycles. The van der Waals surface area contributed by atoms with Gasteiger partial charge >= 0.3 is 5.97 Å². The van der Waals surface area contributed by atoms with E-state index in [1.165, 1.54) is 13.0 Å². The third-order valence-corrected chi connectivity index (χ3v) is 2.27. The molecule has 0 bridgehead atoms. The van der Waals surface area contributed by atoms with Crippen LogP contribution in [0.3, 0.4) is 0 Å². The standard InChI is InChI=1S/C11H11BrO3/c1-8(11(13)14)5-6-15-10-4-2-3-9(12)7-10/h2-5,7H,6H2,1H3,(H,13,14). The van der Waals surface area contributed by atoms with E-state index in [1.54, 1.807) is 0 Å². The summed E-state index contributed by atoms with van der Waals surface area (Å²) < 4.78 is 6.27. The molecule has 1 N–H and O–H groups in total. The molecular formula is C11H11BrO3. The molecule has 0 aliphatic carbocycles. The largest absolute Gasteiger partial charge is 0.489 e. The van der Waals surface area contributed by atoms with Crippen LogP contribution in [0.1, 0.15) is 6.92 Å². The first-order chi connectivity index (χ1) is 7.09. The van der Waals surface area contributed by atoms with Gasteiger partial charge in [0, 0.05) is 10.0 Å². The van der Waals surface area contributed by atoms with Gasteiger partial charge in [0.05, 0.1) is 0 Å². The fourth-order valence-corrected chi connectivity index (χ4v) is 1.29. The summed E-state index contributed by atoms with van der Waals surface area (Å²) >= 11 is 3.32. The Balaban J connectivity index is 2.51. The van der Waals surface area contributed by atoms with Crippen molar-refractivity contribution in [2.45, 2.75) is 6.92 Å². The van der Waals surface area contributed by atoms with Gasteiger partial charge in [-0.25, -0.2) is 4.79 Å². The van der Waals surface area contributed by atoms with E-state index in [0.29, 0.717) is 5.75 Å². The second kappa shape index (κ2) is 5.56. The number of halogens is 1. The number of aliphatic carboxylic acids is 1. The predicted molar refractivity (Wildman–Crippen MR) is 61.0 cm³/mol.